The van der Waals surface area contributed by atoms with Crippen molar-refractivity contribution in [2.75, 3.05) is 17.7 Å². The van der Waals surface area contributed by atoms with E-state index >= 15 is 0 Å². The van der Waals surface area contributed by atoms with Gasteiger partial charge >= 0.3 is 0 Å². The Morgan fingerprint density at radius 3 is 2.91 bits per heavy atom. The van der Waals surface area contributed by atoms with Crippen LogP contribution in [-0.4, -0.2) is 34.3 Å². The van der Waals surface area contributed by atoms with E-state index in [-0.39, 0.29) is 12.0 Å². The van der Waals surface area contributed by atoms with Crippen LogP contribution in [0.2, 0.25) is 0 Å². The maximum absolute atomic E-state index is 12.4. The highest BCUT2D eigenvalue weighted by molar-refractivity contribution is 8.01. The predicted molar refractivity (Wildman–Crippen MR) is 90.0 cm³/mol. The molecule has 2 rings (SSSR count). The topological polar surface area (TPSA) is 64.4 Å². The summed E-state index contributed by atoms with van der Waals surface area (Å²) in [6, 6.07) is 1.69. The van der Waals surface area contributed by atoms with Crippen molar-refractivity contribution in [1.82, 2.24) is 5.16 Å². The van der Waals surface area contributed by atoms with E-state index in [1.54, 1.807) is 17.8 Å². The summed E-state index contributed by atoms with van der Waals surface area (Å²) in [5.41, 5.74) is 0.774. The van der Waals surface area contributed by atoms with Gasteiger partial charge in [-0.05, 0) is 45.6 Å². The molecule has 1 unspecified atom stereocenters. The maximum Gasteiger partial charge on any atom is 0.241 e. The van der Waals surface area contributed by atoms with Crippen molar-refractivity contribution in [2.24, 2.45) is 0 Å². The SMILES string of the molecule is C=C(C)c1cc(NC(=O)C(C)(C)SCC2CCCCO2)no1. The number of carbonyl (C=O) groups is 1. The summed E-state index contributed by atoms with van der Waals surface area (Å²) in [6.45, 7) is 10.3. The van der Waals surface area contributed by atoms with Gasteiger partial charge < -0.3 is 14.6 Å². The highest BCUT2D eigenvalue weighted by atomic mass is 32.2. The van der Waals surface area contributed by atoms with Crippen LogP contribution in [0, 0.1) is 0 Å². The molecule has 0 aliphatic carbocycles. The van der Waals surface area contributed by atoms with Crippen LogP contribution in [0.15, 0.2) is 17.2 Å². The van der Waals surface area contributed by atoms with Crippen LogP contribution in [0.4, 0.5) is 5.82 Å². The van der Waals surface area contributed by atoms with Crippen molar-refractivity contribution in [3.8, 4) is 0 Å². The van der Waals surface area contributed by atoms with Gasteiger partial charge in [-0.25, -0.2) is 0 Å². The Labute approximate surface area is 135 Å². The average molecular weight is 324 g/mol. The summed E-state index contributed by atoms with van der Waals surface area (Å²) in [4.78, 5) is 12.4. The zero-order valence-electron chi connectivity index (χ0n) is 13.5. The fourth-order valence-electron chi connectivity index (χ4n) is 2.11. The van der Waals surface area contributed by atoms with Gasteiger partial charge in [0.05, 0.1) is 10.9 Å². The minimum absolute atomic E-state index is 0.0881. The maximum atomic E-state index is 12.4. The summed E-state index contributed by atoms with van der Waals surface area (Å²) in [6.07, 6.45) is 3.69. The number of allylic oxidation sites excluding steroid dienone is 1. The van der Waals surface area contributed by atoms with Crippen molar-refractivity contribution in [3.05, 3.63) is 18.4 Å². The summed E-state index contributed by atoms with van der Waals surface area (Å²) in [5.74, 6) is 1.74. The minimum Gasteiger partial charge on any atom is -0.377 e. The van der Waals surface area contributed by atoms with Gasteiger partial charge in [-0.3, -0.25) is 4.79 Å². The van der Waals surface area contributed by atoms with Crippen molar-refractivity contribution in [1.29, 1.82) is 0 Å². The Morgan fingerprint density at radius 1 is 1.55 bits per heavy atom. The lowest BCUT2D eigenvalue weighted by atomic mass is 10.1. The summed E-state index contributed by atoms with van der Waals surface area (Å²) < 4.78 is 10.3. The molecule has 122 valence electrons. The number of thioether (sulfide) groups is 1. The van der Waals surface area contributed by atoms with Crippen molar-refractivity contribution < 1.29 is 14.1 Å². The lowest BCUT2D eigenvalue weighted by Crippen LogP contribution is -2.36. The van der Waals surface area contributed by atoms with Crippen molar-refractivity contribution in [2.45, 2.75) is 50.9 Å². The molecule has 0 radical (unpaired) electrons. The van der Waals surface area contributed by atoms with Crippen LogP contribution in [0.5, 0.6) is 0 Å². The number of rotatable bonds is 6. The second-order valence-electron chi connectivity index (χ2n) is 6.12. The molecule has 1 aromatic heterocycles. The third-order valence-electron chi connectivity index (χ3n) is 3.62. The predicted octanol–water partition coefficient (Wildman–Crippen LogP) is 3.73. The number of aromatic nitrogens is 1. The van der Waals surface area contributed by atoms with E-state index in [0.717, 1.165) is 30.8 Å². The Balaban J connectivity index is 1.87. The van der Waals surface area contributed by atoms with Crippen molar-refractivity contribution in [3.63, 3.8) is 0 Å². The number of hydrogen-bond acceptors (Lipinski definition) is 5. The summed E-state index contributed by atoms with van der Waals surface area (Å²) >= 11 is 1.61. The van der Waals surface area contributed by atoms with Gasteiger partial charge in [-0.15, -0.1) is 11.8 Å². The van der Waals surface area contributed by atoms with Crippen LogP contribution in [-0.2, 0) is 9.53 Å². The molecule has 1 saturated heterocycles. The Hall–Kier alpha value is -1.27. The molecule has 0 spiro atoms. The summed E-state index contributed by atoms with van der Waals surface area (Å²) in [5, 5.41) is 6.64. The molecule has 22 heavy (non-hydrogen) atoms. The Bertz CT molecular complexity index is 533. The number of amides is 1. The van der Waals surface area contributed by atoms with E-state index in [2.05, 4.69) is 17.1 Å². The molecule has 0 bridgehead atoms. The van der Waals surface area contributed by atoms with Crippen LogP contribution in [0.1, 0.15) is 45.8 Å². The van der Waals surface area contributed by atoms with Gasteiger partial charge in [0, 0.05) is 18.4 Å². The molecule has 0 aromatic carbocycles. The third kappa shape index (κ3) is 4.61. The highest BCUT2D eigenvalue weighted by Crippen LogP contribution is 2.29. The quantitative estimate of drug-likeness (QED) is 0.864. The average Bonchev–Trinajstić information content (AvgIpc) is 2.95. The molecule has 1 N–H and O–H groups in total. The number of nitrogens with one attached hydrogen (secondary N) is 1. The normalized spacial score (nSPS) is 19.0. The standard InChI is InChI=1S/C16H24N2O3S/c1-11(2)13-9-14(18-21-13)17-15(19)16(3,4)22-10-12-7-5-6-8-20-12/h9,12H,1,5-8,10H2,2-4H3,(H,17,18,19). The summed E-state index contributed by atoms with van der Waals surface area (Å²) in [7, 11) is 0. The lowest BCUT2D eigenvalue weighted by Gasteiger charge is -2.27. The van der Waals surface area contributed by atoms with E-state index < -0.39 is 4.75 Å². The molecule has 1 aromatic rings. The monoisotopic (exact) mass is 324 g/mol. The molecule has 6 heteroatoms. The molecular formula is C16H24N2O3S. The van der Waals surface area contributed by atoms with Gasteiger partial charge in [-0.2, -0.15) is 0 Å². The molecule has 0 saturated carbocycles. The second-order valence-corrected chi connectivity index (χ2v) is 7.76. The molecule has 1 aliphatic heterocycles. The molecule has 5 nitrogen and oxygen atoms in total. The first kappa shape index (κ1) is 17.1. The zero-order valence-corrected chi connectivity index (χ0v) is 14.3. The van der Waals surface area contributed by atoms with Crippen LogP contribution < -0.4 is 5.32 Å². The number of nitrogens with zero attached hydrogens (tertiary/aromatic N) is 1. The fraction of sp³-hybridized carbons (Fsp3) is 0.625. The van der Waals surface area contributed by atoms with Crippen LogP contribution in [0.3, 0.4) is 0 Å². The molecule has 1 atom stereocenters. The van der Waals surface area contributed by atoms with E-state index in [1.165, 1.54) is 6.42 Å². The molecule has 1 aliphatic rings. The first-order valence-electron chi connectivity index (χ1n) is 7.58. The van der Waals surface area contributed by atoms with Gasteiger partial charge in [0.25, 0.3) is 0 Å². The van der Waals surface area contributed by atoms with Crippen LogP contribution in [0.25, 0.3) is 5.57 Å². The second kappa shape index (κ2) is 7.33. The van der Waals surface area contributed by atoms with Crippen molar-refractivity contribution >= 4 is 29.1 Å². The van der Waals surface area contributed by atoms with E-state index in [0.29, 0.717) is 11.6 Å². The smallest absolute Gasteiger partial charge is 0.241 e. The van der Waals surface area contributed by atoms with Gasteiger partial charge in [0.2, 0.25) is 5.91 Å². The molecular weight excluding hydrogens is 300 g/mol. The molecule has 1 amide bonds. The number of anilines is 1. The minimum atomic E-state index is -0.552. The van der Waals surface area contributed by atoms with Crippen LogP contribution >= 0.6 is 11.8 Å². The first-order chi connectivity index (χ1) is 10.4. The van der Waals surface area contributed by atoms with E-state index in [1.807, 2.05) is 20.8 Å². The Kier molecular flexibility index (Phi) is 5.69. The van der Waals surface area contributed by atoms with Gasteiger partial charge in [0.15, 0.2) is 11.6 Å². The van der Waals surface area contributed by atoms with E-state index in [9.17, 15) is 4.79 Å². The van der Waals surface area contributed by atoms with Gasteiger partial charge in [-0.1, -0.05) is 11.7 Å². The highest BCUT2D eigenvalue weighted by Gasteiger charge is 2.30. The molecule has 1 fully saturated rings. The van der Waals surface area contributed by atoms with Gasteiger partial charge in [0.1, 0.15) is 0 Å². The first-order valence-corrected chi connectivity index (χ1v) is 8.56. The fourth-order valence-corrected chi connectivity index (χ4v) is 3.16. The number of hydrogen-bond donors (Lipinski definition) is 1. The van der Waals surface area contributed by atoms with E-state index in [4.69, 9.17) is 9.26 Å². The lowest BCUT2D eigenvalue weighted by molar-refractivity contribution is -0.117. The molecule has 2 heterocycles. The number of ether oxygens (including phenoxy) is 1. The largest absolute Gasteiger partial charge is 0.377 e. The Morgan fingerprint density at radius 2 is 2.32 bits per heavy atom. The number of carbonyl (C=O) groups excluding carboxylic acids is 1. The third-order valence-corrected chi connectivity index (χ3v) is 5.07. The zero-order chi connectivity index (χ0) is 16.2.